The van der Waals surface area contributed by atoms with Gasteiger partial charge in [-0.2, -0.15) is 13.2 Å². The normalized spacial score (nSPS) is 18.7. The first-order chi connectivity index (χ1) is 15.2. The first kappa shape index (κ1) is 25.2. The number of benzene rings is 1. The van der Waals surface area contributed by atoms with E-state index in [1.165, 1.54) is 19.1 Å². The van der Waals surface area contributed by atoms with Crippen molar-refractivity contribution in [1.29, 1.82) is 0 Å². The first-order valence-electron chi connectivity index (χ1n) is 10.3. The largest absolute Gasteiger partial charge is 0.433 e. The summed E-state index contributed by atoms with van der Waals surface area (Å²) in [6, 6.07) is 3.54. The molecule has 2 atom stereocenters. The van der Waals surface area contributed by atoms with E-state index in [0.29, 0.717) is 18.8 Å². The van der Waals surface area contributed by atoms with Crippen LogP contribution in [0.1, 0.15) is 38.1 Å². The van der Waals surface area contributed by atoms with Crippen molar-refractivity contribution >= 4 is 21.5 Å². The van der Waals surface area contributed by atoms with Gasteiger partial charge in [0.25, 0.3) is 0 Å². The van der Waals surface area contributed by atoms with Crippen molar-refractivity contribution < 1.29 is 31.1 Å². The van der Waals surface area contributed by atoms with Crippen molar-refractivity contribution in [1.82, 2.24) is 9.97 Å². The molecule has 3 rings (SSSR count). The van der Waals surface area contributed by atoms with Crippen LogP contribution < -0.4 is 9.80 Å². The Balaban J connectivity index is 1.95. The summed E-state index contributed by atoms with van der Waals surface area (Å²) < 4.78 is 78.5. The Hall–Kier alpha value is -2.47. The molecule has 7 nitrogen and oxygen atoms in total. The highest BCUT2D eigenvalue weighted by Crippen LogP contribution is 2.35. The number of anilines is 2. The van der Waals surface area contributed by atoms with Gasteiger partial charge in [0.15, 0.2) is 15.5 Å². The lowest BCUT2D eigenvalue weighted by molar-refractivity contribution is -0.142. The zero-order chi connectivity index (χ0) is 24.7. The number of aliphatic hydroxyl groups is 1. The molecule has 0 spiro atoms. The smallest absolute Gasteiger partial charge is 0.389 e. The van der Waals surface area contributed by atoms with Gasteiger partial charge in [0, 0.05) is 43.3 Å². The molecule has 0 amide bonds. The highest BCUT2D eigenvalue weighted by atomic mass is 32.2. The number of sulfone groups is 1. The molecule has 0 bridgehead atoms. The topological polar surface area (TPSA) is 86.6 Å². The van der Waals surface area contributed by atoms with Crippen LogP contribution in [0, 0.1) is 11.7 Å². The summed E-state index contributed by atoms with van der Waals surface area (Å²) in [5, 5.41) is 9.70. The quantitative estimate of drug-likeness (QED) is 0.643. The fourth-order valence-corrected chi connectivity index (χ4v) is 4.65. The van der Waals surface area contributed by atoms with Gasteiger partial charge in [-0.05, 0) is 31.0 Å². The molecule has 0 aliphatic carbocycles. The van der Waals surface area contributed by atoms with Crippen LogP contribution in [0.4, 0.5) is 29.2 Å². The molecule has 0 saturated carbocycles. The lowest BCUT2D eigenvalue weighted by atomic mass is 9.99. The van der Waals surface area contributed by atoms with Gasteiger partial charge < -0.3 is 14.9 Å². The van der Waals surface area contributed by atoms with Crippen LogP contribution in [-0.2, 0) is 16.0 Å². The molecule has 1 aromatic carbocycles. The van der Waals surface area contributed by atoms with E-state index in [1.54, 1.807) is 4.90 Å². The third kappa shape index (κ3) is 5.37. The van der Waals surface area contributed by atoms with E-state index in [2.05, 4.69) is 9.97 Å². The summed E-state index contributed by atoms with van der Waals surface area (Å²) in [5.41, 5.74) is -1.07. The van der Waals surface area contributed by atoms with Crippen molar-refractivity contribution in [3.8, 4) is 0 Å². The van der Waals surface area contributed by atoms with E-state index in [9.17, 15) is 31.1 Å². The van der Waals surface area contributed by atoms with Crippen molar-refractivity contribution in [2.45, 2.75) is 44.0 Å². The highest BCUT2D eigenvalue weighted by molar-refractivity contribution is 7.90. The second-order valence-corrected chi connectivity index (χ2v) is 10.5. The second-order valence-electron chi connectivity index (χ2n) is 8.49. The van der Waals surface area contributed by atoms with Gasteiger partial charge in [-0.3, -0.25) is 0 Å². The molecule has 1 aromatic heterocycles. The Morgan fingerprint density at radius 3 is 2.39 bits per heavy atom. The molecular weight excluding hydrogens is 464 g/mol. The van der Waals surface area contributed by atoms with E-state index in [4.69, 9.17) is 0 Å². The van der Waals surface area contributed by atoms with Gasteiger partial charge in [0.1, 0.15) is 10.7 Å². The van der Waals surface area contributed by atoms with Crippen LogP contribution in [0.5, 0.6) is 0 Å². The maximum atomic E-state index is 14.0. The van der Waals surface area contributed by atoms with Crippen molar-refractivity contribution in [2.75, 3.05) is 35.7 Å². The fourth-order valence-electron chi connectivity index (χ4n) is 3.89. The third-order valence-electron chi connectivity index (χ3n) is 5.65. The molecule has 0 unspecified atom stereocenters. The molecule has 33 heavy (non-hydrogen) atoms. The Labute approximate surface area is 190 Å². The molecule has 182 valence electrons. The molecule has 1 aliphatic heterocycles. The van der Waals surface area contributed by atoms with Gasteiger partial charge in [0.05, 0.1) is 12.1 Å². The number of aliphatic hydroxyl groups excluding tert-OH is 1. The summed E-state index contributed by atoms with van der Waals surface area (Å²) in [6.07, 6.45) is -4.21. The average molecular weight is 491 g/mol. The summed E-state index contributed by atoms with van der Waals surface area (Å²) in [6.45, 7) is 5.97. The van der Waals surface area contributed by atoms with Crippen LogP contribution >= 0.6 is 0 Å². The maximum Gasteiger partial charge on any atom is 0.433 e. The summed E-state index contributed by atoms with van der Waals surface area (Å²) in [5.74, 6) is -0.954. The zero-order valence-corrected chi connectivity index (χ0v) is 19.5. The molecular formula is C21H26F4N4O3S. The van der Waals surface area contributed by atoms with E-state index in [0.717, 1.165) is 18.5 Å². The van der Waals surface area contributed by atoms with Crippen LogP contribution in [0.3, 0.4) is 0 Å². The molecule has 0 radical (unpaired) electrons. The van der Waals surface area contributed by atoms with Crippen molar-refractivity contribution in [3.63, 3.8) is 0 Å². The summed E-state index contributed by atoms with van der Waals surface area (Å²) >= 11 is 0. The summed E-state index contributed by atoms with van der Waals surface area (Å²) in [4.78, 5) is 11.0. The van der Waals surface area contributed by atoms with Crippen LogP contribution in [0.25, 0.3) is 0 Å². The Morgan fingerprint density at radius 2 is 1.85 bits per heavy atom. The lowest BCUT2D eigenvalue weighted by Gasteiger charge is -2.44. The molecule has 2 aromatic rings. The molecule has 12 heteroatoms. The average Bonchev–Trinajstić information content (AvgIpc) is 2.71. The van der Waals surface area contributed by atoms with Gasteiger partial charge >= 0.3 is 6.18 Å². The zero-order valence-electron chi connectivity index (χ0n) is 18.6. The Kier molecular flexibility index (Phi) is 6.90. The predicted molar refractivity (Wildman–Crippen MR) is 115 cm³/mol. The minimum Gasteiger partial charge on any atom is -0.389 e. The Bertz CT molecular complexity index is 1120. The highest BCUT2D eigenvalue weighted by Gasteiger charge is 2.39. The maximum absolute atomic E-state index is 14.0. The number of rotatable bonds is 5. The van der Waals surface area contributed by atoms with Crippen molar-refractivity contribution in [2.24, 2.45) is 5.92 Å². The molecule has 2 heterocycles. The van der Waals surface area contributed by atoms with E-state index >= 15 is 0 Å². The number of alkyl halides is 3. The number of halogens is 4. The summed E-state index contributed by atoms with van der Waals surface area (Å²) in [7, 11) is -3.77. The van der Waals surface area contributed by atoms with E-state index in [-0.39, 0.29) is 24.5 Å². The van der Waals surface area contributed by atoms with Crippen molar-refractivity contribution in [3.05, 3.63) is 41.5 Å². The molecule has 1 fully saturated rings. The molecule has 1 aliphatic rings. The second kappa shape index (κ2) is 9.05. The fraction of sp³-hybridized carbons (Fsp3) is 0.524. The van der Waals surface area contributed by atoms with Crippen LogP contribution in [0.2, 0.25) is 0 Å². The van der Waals surface area contributed by atoms with Gasteiger partial charge in [-0.1, -0.05) is 13.8 Å². The van der Waals surface area contributed by atoms with Gasteiger partial charge in [-0.25, -0.2) is 22.8 Å². The van der Waals surface area contributed by atoms with E-state index in [1.807, 2.05) is 18.7 Å². The minimum atomic E-state index is -4.75. The van der Waals surface area contributed by atoms with Crippen LogP contribution in [-0.4, -0.2) is 55.4 Å². The predicted octanol–water partition coefficient (Wildman–Crippen LogP) is 3.44. The van der Waals surface area contributed by atoms with E-state index < -0.39 is 44.1 Å². The first-order valence-corrected chi connectivity index (χ1v) is 12.2. The molecule has 1 saturated heterocycles. The number of aromatic nitrogens is 2. The minimum absolute atomic E-state index is 0.0167. The molecule has 1 N–H and O–H groups in total. The Morgan fingerprint density at radius 1 is 1.18 bits per heavy atom. The number of nitrogens with zero attached hydrogens (tertiary/aromatic N) is 4. The van der Waals surface area contributed by atoms with Gasteiger partial charge in [-0.15, -0.1) is 0 Å². The standard InChI is InChI=1S/C21H26F4N4O3S/c1-12(2)17-11-28(14-5-6-16(22)18(9-14)33(4,31)32)7-8-29(17)20-26-10-15(13(3)30)19(27-20)21(23,24)25/h5-6,9-10,12-13,17,30H,7-8,11H2,1-4H3/t13-,17+/m1/s1. The monoisotopic (exact) mass is 490 g/mol. The number of hydrogen-bond acceptors (Lipinski definition) is 7. The van der Waals surface area contributed by atoms with Crippen LogP contribution in [0.15, 0.2) is 29.3 Å². The lowest BCUT2D eigenvalue weighted by Crippen LogP contribution is -2.56. The number of piperazine rings is 1. The number of hydrogen-bond donors (Lipinski definition) is 1. The third-order valence-corrected chi connectivity index (χ3v) is 6.76. The van der Waals surface area contributed by atoms with Gasteiger partial charge in [0.2, 0.25) is 5.95 Å². The SMILES string of the molecule is CC(C)[C@@H]1CN(c2ccc(F)c(S(C)(=O)=O)c2)CCN1c1ncc([C@@H](C)O)c(C(F)(F)F)n1.